The van der Waals surface area contributed by atoms with Crippen LogP contribution in [0.3, 0.4) is 0 Å². The first-order valence-electron chi connectivity index (χ1n) is 38.9. The van der Waals surface area contributed by atoms with Crippen LogP contribution in [-0.4, -0.2) is 112 Å². The van der Waals surface area contributed by atoms with Crippen LogP contribution in [0.25, 0.3) is 21.7 Å². The van der Waals surface area contributed by atoms with Crippen LogP contribution in [0, 0.1) is 109 Å². The summed E-state index contributed by atoms with van der Waals surface area (Å²) in [5.74, 6) is -14.5. The van der Waals surface area contributed by atoms with Gasteiger partial charge in [0.25, 0.3) is 0 Å². The molecule has 1 aromatic heterocycles. The maximum Gasteiger partial charge on any atom is 0.228 e. The van der Waals surface area contributed by atoms with E-state index in [2.05, 4.69) is 48.3 Å². The number of hydrogen-bond donors (Lipinski definition) is 0. The molecule has 25 heteroatoms. The topological polar surface area (TPSA) is 135 Å². The molecule has 0 spiro atoms. The maximum absolute atomic E-state index is 13.9. The van der Waals surface area contributed by atoms with Crippen LogP contribution >= 0.6 is 0 Å². The summed E-state index contributed by atoms with van der Waals surface area (Å²) in [6.07, 6.45) is 6.00. The highest BCUT2D eigenvalue weighted by molar-refractivity contribution is 5.86. The minimum Gasteiger partial charge on any atom is -0.341 e. The van der Waals surface area contributed by atoms with E-state index in [0.717, 1.165) is 46.3 Å². The van der Waals surface area contributed by atoms with E-state index in [4.69, 9.17) is 0 Å². The van der Waals surface area contributed by atoms with Crippen LogP contribution in [0.4, 0.5) is 52.7 Å². The number of amides is 6. The van der Waals surface area contributed by atoms with E-state index in [1.807, 2.05) is 131 Å². The number of fused-ring (bicyclic) bond motifs is 2. The number of aromatic nitrogens is 1. The molecular formula is C92H119F12N7O6. The Bertz CT molecular complexity index is 4580. The summed E-state index contributed by atoms with van der Waals surface area (Å²) in [5, 5.41) is 3.57. The normalized spacial score (nSPS) is 11.6. The average molecular weight is 1650 g/mol. The largest absolute Gasteiger partial charge is 0.341 e. The molecule has 0 N–H and O–H groups in total. The van der Waals surface area contributed by atoms with Crippen LogP contribution in [0.5, 0.6) is 0 Å². The third kappa shape index (κ3) is 28.2. The molecule has 117 heavy (non-hydrogen) atoms. The molecule has 0 aliphatic rings. The molecule has 0 aliphatic carbocycles. The summed E-state index contributed by atoms with van der Waals surface area (Å²) < 4.78 is 160. The standard InChI is InChI=1S/C18H23NO.C17H22N2O.C15H21F2NO.C14H17F4NO.2C14H18F3NO/c1-5-18(2,3)17(20)19(4)13-14-10-11-15-8-6-7-9-16(15)12-14;1-5-17(2,3)16(20)19(4)12-13-10-14-8-6-7-9-15(14)18-11-13;1-6-15(3,4)14(19)18(5)9-11-12(16)8-7-10(2)13(11)17;1-5-14(2,3)13(20)19(4)7-8-11(17)9(15)6-10(16)12(8)18;1-5-14(2,3)13(19)18(4)8-10-11(16)6-9(15)7-12(10)17;1-5-14(2,3)13(19)18(4)8-9-6-7-10(15)12(17)11(9)16/h6-12H,5,13H2,1-4H3;6-11H,5,12H2,1-4H3;7-8H,6,9H2,1-5H3;6H,5,7H2,1-4H3;2*6-7H,5,8H2,1-4H3. The van der Waals surface area contributed by atoms with E-state index in [9.17, 15) is 81.5 Å². The summed E-state index contributed by atoms with van der Waals surface area (Å²) in [4.78, 5) is 86.3. The summed E-state index contributed by atoms with van der Waals surface area (Å²) in [5.41, 5.74) is -0.572. The monoisotopic (exact) mass is 1650 g/mol. The van der Waals surface area contributed by atoms with Gasteiger partial charge in [-0.05, 0) is 103 Å². The molecule has 7 aromatic carbocycles. The van der Waals surface area contributed by atoms with Crippen LogP contribution in [0.1, 0.15) is 202 Å². The number of carbonyl (C=O) groups is 6. The van der Waals surface area contributed by atoms with Crippen molar-refractivity contribution in [2.75, 3.05) is 42.3 Å². The molecular weight excluding hydrogens is 1530 g/mol. The Morgan fingerprint density at radius 2 is 0.641 bits per heavy atom. The Morgan fingerprint density at radius 3 is 1.06 bits per heavy atom. The molecule has 0 saturated heterocycles. The van der Waals surface area contributed by atoms with Gasteiger partial charge in [-0.3, -0.25) is 33.8 Å². The van der Waals surface area contributed by atoms with Crippen molar-refractivity contribution in [3.8, 4) is 0 Å². The van der Waals surface area contributed by atoms with Crippen LogP contribution in [0.15, 0.2) is 121 Å². The molecule has 0 atom stereocenters. The molecule has 1 heterocycles. The van der Waals surface area contributed by atoms with Crippen molar-refractivity contribution in [3.63, 3.8) is 0 Å². The van der Waals surface area contributed by atoms with E-state index < -0.39 is 104 Å². The van der Waals surface area contributed by atoms with E-state index in [1.54, 1.807) is 67.3 Å². The first-order chi connectivity index (χ1) is 54.1. The SMILES string of the molecule is CCC(C)(C)C(=O)N(C)Cc1c(F)c(F)cc(F)c1F.CCC(C)(C)C(=O)N(C)Cc1c(F)cc(F)cc1F.CCC(C)(C)C(=O)N(C)Cc1c(F)ccc(C)c1F.CCC(C)(C)C(=O)N(C)Cc1ccc(F)c(F)c1F.CCC(C)(C)C(=O)N(C)Cc1ccc2ccccc2c1.CCC(C)(C)C(=O)N(C)Cc1cnc2ccccc2c1. The Hall–Kier alpha value is -9.81. The van der Waals surface area contributed by atoms with E-state index in [-0.39, 0.29) is 88.7 Å². The second-order valence-corrected chi connectivity index (χ2v) is 33.4. The van der Waals surface area contributed by atoms with Gasteiger partial charge in [0, 0.05) is 146 Å². The number of halogens is 12. The predicted octanol–water partition coefficient (Wildman–Crippen LogP) is 22.2. The number of nitrogens with zero attached hydrogens (tertiary/aromatic N) is 7. The second kappa shape index (κ2) is 43.6. The first-order valence-corrected chi connectivity index (χ1v) is 38.9. The van der Waals surface area contributed by atoms with Crippen molar-refractivity contribution in [1.82, 2.24) is 34.4 Å². The van der Waals surface area contributed by atoms with E-state index >= 15 is 0 Å². The molecule has 13 nitrogen and oxygen atoms in total. The summed E-state index contributed by atoms with van der Waals surface area (Å²) >= 11 is 0. The number of hydrogen-bond acceptors (Lipinski definition) is 7. The van der Waals surface area contributed by atoms with E-state index in [0.29, 0.717) is 56.5 Å². The Kier molecular flexibility index (Phi) is 37.8. The molecule has 0 radical (unpaired) electrons. The smallest absolute Gasteiger partial charge is 0.228 e. The minimum absolute atomic E-state index is 0.0401. The van der Waals surface area contributed by atoms with Gasteiger partial charge in [0.2, 0.25) is 35.4 Å². The molecule has 642 valence electrons. The fraction of sp³-hybridized carbons (Fsp3) is 0.467. The first kappa shape index (κ1) is 101. The fourth-order valence-electron chi connectivity index (χ4n) is 11.5. The van der Waals surface area contributed by atoms with Crippen molar-refractivity contribution >= 4 is 57.1 Å². The van der Waals surface area contributed by atoms with Gasteiger partial charge in [-0.1, -0.05) is 191 Å². The van der Waals surface area contributed by atoms with Gasteiger partial charge < -0.3 is 29.4 Å². The number of benzene rings is 7. The quantitative estimate of drug-likeness (QED) is 0.0334. The number of aryl methyl sites for hydroxylation is 1. The highest BCUT2D eigenvalue weighted by Gasteiger charge is 2.35. The maximum atomic E-state index is 13.9. The lowest BCUT2D eigenvalue weighted by atomic mass is 9.88. The number of rotatable bonds is 24. The minimum atomic E-state index is -1.51. The lowest BCUT2D eigenvalue weighted by molar-refractivity contribution is -0.140. The third-order valence-electron chi connectivity index (χ3n) is 21.6. The van der Waals surface area contributed by atoms with Crippen LogP contribution in [0.2, 0.25) is 0 Å². The van der Waals surface area contributed by atoms with Gasteiger partial charge in [0.15, 0.2) is 40.7 Å². The fourth-order valence-corrected chi connectivity index (χ4v) is 11.5. The second-order valence-electron chi connectivity index (χ2n) is 33.4. The molecule has 0 fully saturated rings. The van der Waals surface area contributed by atoms with Crippen molar-refractivity contribution in [1.29, 1.82) is 0 Å². The van der Waals surface area contributed by atoms with Gasteiger partial charge in [-0.15, -0.1) is 0 Å². The van der Waals surface area contributed by atoms with Crippen LogP contribution in [-0.2, 0) is 68.0 Å². The highest BCUT2D eigenvalue weighted by Crippen LogP contribution is 2.32. The molecule has 8 rings (SSSR count). The number of carbonyl (C=O) groups excluding carboxylic acids is 6. The van der Waals surface area contributed by atoms with Gasteiger partial charge in [-0.2, -0.15) is 0 Å². The van der Waals surface area contributed by atoms with E-state index in [1.165, 1.54) is 64.3 Å². The Labute approximate surface area is 684 Å². The highest BCUT2D eigenvalue weighted by atomic mass is 19.2. The van der Waals surface area contributed by atoms with Crippen molar-refractivity contribution in [3.05, 3.63) is 230 Å². The zero-order valence-electron chi connectivity index (χ0n) is 72.6. The molecule has 0 unspecified atom stereocenters. The van der Waals surface area contributed by atoms with Gasteiger partial charge in [0.05, 0.1) is 25.2 Å². The Morgan fingerprint density at radius 1 is 0.299 bits per heavy atom. The summed E-state index contributed by atoms with van der Waals surface area (Å²) in [6, 6.07) is 30.8. The number of para-hydroxylation sites is 1. The lowest BCUT2D eigenvalue weighted by Crippen LogP contribution is -2.38. The van der Waals surface area contributed by atoms with Gasteiger partial charge in [0.1, 0.15) is 29.1 Å². The Balaban J connectivity index is 0.000000363. The van der Waals surface area contributed by atoms with Gasteiger partial charge in [-0.25, -0.2) is 52.7 Å². The third-order valence-corrected chi connectivity index (χ3v) is 21.6. The lowest BCUT2D eigenvalue weighted by Gasteiger charge is -2.28. The zero-order valence-corrected chi connectivity index (χ0v) is 72.6. The average Bonchev–Trinajstić information content (AvgIpc) is 0.882. The molecule has 0 aliphatic heterocycles. The van der Waals surface area contributed by atoms with Crippen LogP contribution < -0.4 is 0 Å². The summed E-state index contributed by atoms with van der Waals surface area (Å²) in [7, 11) is 9.63. The van der Waals surface area contributed by atoms with Crippen molar-refractivity contribution in [2.45, 2.75) is 209 Å². The van der Waals surface area contributed by atoms with Crippen molar-refractivity contribution in [2.24, 2.45) is 32.5 Å². The molecule has 8 aromatic rings. The predicted molar refractivity (Wildman–Crippen MR) is 439 cm³/mol. The molecule has 0 saturated carbocycles. The molecule has 6 amide bonds. The number of pyridine rings is 1. The van der Waals surface area contributed by atoms with Gasteiger partial charge >= 0.3 is 0 Å². The molecule has 0 bridgehead atoms. The van der Waals surface area contributed by atoms with Crippen molar-refractivity contribution < 1.29 is 81.5 Å². The zero-order chi connectivity index (χ0) is 89.5. The summed E-state index contributed by atoms with van der Waals surface area (Å²) in [6.45, 7) is 35.6.